The fourth-order valence-electron chi connectivity index (χ4n) is 1.54. The van der Waals surface area contributed by atoms with Crippen molar-refractivity contribution in [1.82, 2.24) is 9.78 Å². The molecule has 2 aromatic rings. The summed E-state index contributed by atoms with van der Waals surface area (Å²) in [5.41, 5.74) is 8.16. The molecule has 0 radical (unpaired) electrons. The third-order valence-electron chi connectivity index (χ3n) is 2.39. The van der Waals surface area contributed by atoms with Gasteiger partial charge in [-0.15, -0.1) is 0 Å². The topological polar surface area (TPSA) is 67.6 Å². The SMILES string of the molecule is N#Cc1ccccc1Cn1cc(CN)cn1. The summed E-state index contributed by atoms with van der Waals surface area (Å²) in [4.78, 5) is 0. The lowest BCUT2D eigenvalue weighted by Crippen LogP contribution is -2.02. The second kappa shape index (κ2) is 4.60. The second-order valence-corrected chi connectivity index (χ2v) is 3.52. The molecular formula is C12H12N4. The highest BCUT2D eigenvalue weighted by molar-refractivity contribution is 5.37. The first-order chi connectivity index (χ1) is 7.83. The van der Waals surface area contributed by atoms with Crippen molar-refractivity contribution in [3.8, 4) is 6.07 Å². The number of nitriles is 1. The number of aromatic nitrogens is 2. The van der Waals surface area contributed by atoms with Crippen molar-refractivity contribution >= 4 is 0 Å². The lowest BCUT2D eigenvalue weighted by atomic mass is 10.1. The van der Waals surface area contributed by atoms with E-state index in [2.05, 4.69) is 11.2 Å². The highest BCUT2D eigenvalue weighted by atomic mass is 15.3. The van der Waals surface area contributed by atoms with Crippen LogP contribution in [-0.2, 0) is 13.1 Å². The van der Waals surface area contributed by atoms with Gasteiger partial charge >= 0.3 is 0 Å². The Kier molecular flexibility index (Phi) is 2.99. The van der Waals surface area contributed by atoms with E-state index < -0.39 is 0 Å². The van der Waals surface area contributed by atoms with Gasteiger partial charge in [0.05, 0.1) is 24.4 Å². The van der Waals surface area contributed by atoms with Gasteiger partial charge in [0, 0.05) is 18.3 Å². The van der Waals surface area contributed by atoms with Crippen LogP contribution in [0.15, 0.2) is 36.7 Å². The van der Waals surface area contributed by atoms with Crippen LogP contribution < -0.4 is 5.73 Å². The summed E-state index contributed by atoms with van der Waals surface area (Å²) < 4.78 is 1.79. The molecule has 0 aliphatic heterocycles. The van der Waals surface area contributed by atoms with Gasteiger partial charge in [-0.2, -0.15) is 10.4 Å². The molecule has 2 N–H and O–H groups in total. The average Bonchev–Trinajstić information content (AvgIpc) is 2.77. The Balaban J connectivity index is 2.24. The summed E-state index contributed by atoms with van der Waals surface area (Å²) in [6, 6.07) is 9.69. The smallest absolute Gasteiger partial charge is 0.0995 e. The number of nitrogens with two attached hydrogens (primary N) is 1. The molecule has 0 saturated carbocycles. The van der Waals surface area contributed by atoms with Crippen molar-refractivity contribution in [3.05, 3.63) is 53.3 Å². The van der Waals surface area contributed by atoms with E-state index in [1.54, 1.807) is 10.9 Å². The first-order valence-corrected chi connectivity index (χ1v) is 5.03. The van der Waals surface area contributed by atoms with Crippen molar-refractivity contribution in [2.75, 3.05) is 0 Å². The molecule has 1 aromatic heterocycles. The molecule has 0 aliphatic carbocycles. The fraction of sp³-hybridized carbons (Fsp3) is 0.167. The Morgan fingerprint density at radius 2 is 2.19 bits per heavy atom. The molecule has 0 spiro atoms. The van der Waals surface area contributed by atoms with Crippen LogP contribution in [0.3, 0.4) is 0 Å². The number of benzene rings is 1. The lowest BCUT2D eigenvalue weighted by Gasteiger charge is -2.03. The van der Waals surface area contributed by atoms with Crippen LogP contribution in [0.2, 0.25) is 0 Å². The van der Waals surface area contributed by atoms with E-state index in [-0.39, 0.29) is 0 Å². The van der Waals surface area contributed by atoms with Crippen LogP contribution in [0.25, 0.3) is 0 Å². The quantitative estimate of drug-likeness (QED) is 0.832. The first-order valence-electron chi connectivity index (χ1n) is 5.03. The van der Waals surface area contributed by atoms with Crippen molar-refractivity contribution < 1.29 is 0 Å². The van der Waals surface area contributed by atoms with Gasteiger partial charge in [0.1, 0.15) is 0 Å². The molecular weight excluding hydrogens is 200 g/mol. The van der Waals surface area contributed by atoms with E-state index in [4.69, 9.17) is 11.0 Å². The van der Waals surface area contributed by atoms with E-state index in [9.17, 15) is 0 Å². The van der Waals surface area contributed by atoms with Gasteiger partial charge in [0.2, 0.25) is 0 Å². The minimum atomic E-state index is 0.486. The Hall–Kier alpha value is -2.12. The van der Waals surface area contributed by atoms with Crippen LogP contribution in [0.1, 0.15) is 16.7 Å². The molecule has 0 bridgehead atoms. The zero-order valence-electron chi connectivity index (χ0n) is 8.80. The highest BCUT2D eigenvalue weighted by Gasteiger charge is 2.02. The third kappa shape index (κ3) is 2.10. The summed E-state index contributed by atoms with van der Waals surface area (Å²) in [7, 11) is 0. The largest absolute Gasteiger partial charge is 0.326 e. The van der Waals surface area contributed by atoms with E-state index in [1.807, 2.05) is 30.5 Å². The molecule has 0 saturated heterocycles. The average molecular weight is 212 g/mol. The number of rotatable bonds is 3. The second-order valence-electron chi connectivity index (χ2n) is 3.52. The Morgan fingerprint density at radius 3 is 2.88 bits per heavy atom. The summed E-state index contributed by atoms with van der Waals surface area (Å²) >= 11 is 0. The van der Waals surface area contributed by atoms with Crippen LogP contribution in [-0.4, -0.2) is 9.78 Å². The third-order valence-corrected chi connectivity index (χ3v) is 2.39. The van der Waals surface area contributed by atoms with Crippen molar-refractivity contribution in [3.63, 3.8) is 0 Å². The maximum Gasteiger partial charge on any atom is 0.0995 e. The van der Waals surface area contributed by atoms with E-state index >= 15 is 0 Å². The Labute approximate surface area is 93.9 Å². The van der Waals surface area contributed by atoms with Gasteiger partial charge in [0.15, 0.2) is 0 Å². The van der Waals surface area contributed by atoms with E-state index in [0.29, 0.717) is 18.7 Å². The number of hydrogen-bond acceptors (Lipinski definition) is 3. The molecule has 0 amide bonds. The predicted octanol–water partition coefficient (Wildman–Crippen LogP) is 1.26. The van der Waals surface area contributed by atoms with E-state index in [0.717, 1.165) is 11.1 Å². The summed E-state index contributed by atoms with van der Waals surface area (Å²) in [6.07, 6.45) is 3.64. The molecule has 0 fully saturated rings. The molecule has 2 rings (SSSR count). The molecule has 16 heavy (non-hydrogen) atoms. The van der Waals surface area contributed by atoms with Gasteiger partial charge in [-0.3, -0.25) is 4.68 Å². The van der Waals surface area contributed by atoms with Crippen molar-refractivity contribution in [2.45, 2.75) is 13.1 Å². The normalized spacial score (nSPS) is 10.0. The number of nitrogens with zero attached hydrogens (tertiary/aromatic N) is 3. The summed E-state index contributed by atoms with van der Waals surface area (Å²) in [5, 5.41) is 13.1. The molecule has 4 nitrogen and oxygen atoms in total. The minimum Gasteiger partial charge on any atom is -0.326 e. The maximum absolute atomic E-state index is 8.95. The Bertz CT molecular complexity index is 522. The van der Waals surface area contributed by atoms with E-state index in [1.165, 1.54) is 0 Å². The minimum absolute atomic E-state index is 0.486. The van der Waals surface area contributed by atoms with Crippen LogP contribution >= 0.6 is 0 Å². The van der Waals surface area contributed by atoms with Crippen molar-refractivity contribution in [1.29, 1.82) is 5.26 Å². The number of hydrogen-bond donors (Lipinski definition) is 1. The van der Waals surface area contributed by atoms with Crippen LogP contribution in [0.5, 0.6) is 0 Å². The van der Waals surface area contributed by atoms with Gasteiger partial charge in [-0.25, -0.2) is 0 Å². The van der Waals surface area contributed by atoms with Crippen molar-refractivity contribution in [2.24, 2.45) is 5.73 Å². The van der Waals surface area contributed by atoms with Gasteiger partial charge in [0.25, 0.3) is 0 Å². The molecule has 80 valence electrons. The molecule has 1 aromatic carbocycles. The molecule has 0 atom stereocenters. The lowest BCUT2D eigenvalue weighted by molar-refractivity contribution is 0.685. The Morgan fingerprint density at radius 1 is 1.38 bits per heavy atom. The maximum atomic E-state index is 8.95. The molecule has 0 aliphatic rings. The monoisotopic (exact) mass is 212 g/mol. The summed E-state index contributed by atoms with van der Waals surface area (Å²) in [5.74, 6) is 0. The standard InChI is InChI=1S/C12H12N4/c13-5-10-7-15-16(8-10)9-12-4-2-1-3-11(12)6-14/h1-4,7-8H,5,9,13H2. The fourth-order valence-corrected chi connectivity index (χ4v) is 1.54. The van der Waals surface area contributed by atoms with Gasteiger partial charge in [-0.05, 0) is 11.6 Å². The zero-order valence-corrected chi connectivity index (χ0v) is 8.80. The van der Waals surface area contributed by atoms with Gasteiger partial charge < -0.3 is 5.73 Å². The van der Waals surface area contributed by atoms with Gasteiger partial charge in [-0.1, -0.05) is 18.2 Å². The first kappa shape index (κ1) is 10.4. The highest BCUT2D eigenvalue weighted by Crippen LogP contribution is 2.09. The molecule has 4 heteroatoms. The zero-order chi connectivity index (χ0) is 11.4. The molecule has 0 unspecified atom stereocenters. The van der Waals surface area contributed by atoms with Crippen LogP contribution in [0.4, 0.5) is 0 Å². The predicted molar refractivity (Wildman–Crippen MR) is 60.4 cm³/mol. The van der Waals surface area contributed by atoms with Crippen LogP contribution in [0, 0.1) is 11.3 Å². The summed E-state index contributed by atoms with van der Waals surface area (Å²) in [6.45, 7) is 1.09. The molecule has 1 heterocycles.